The van der Waals surface area contributed by atoms with Crippen LogP contribution in [0.4, 0.5) is 0 Å². The summed E-state index contributed by atoms with van der Waals surface area (Å²) in [5.41, 5.74) is 7.63. The second kappa shape index (κ2) is 10.6. The van der Waals surface area contributed by atoms with E-state index >= 15 is 0 Å². The van der Waals surface area contributed by atoms with Gasteiger partial charge in [0.1, 0.15) is 6.04 Å². The Balaban J connectivity index is 1.82. The lowest BCUT2D eigenvalue weighted by Gasteiger charge is -2.16. The molecule has 0 bridgehead atoms. The number of carbonyl (C=O) groups excluding carboxylic acids is 3. The molecular formula is C22H24N4O3. The zero-order valence-electron chi connectivity index (χ0n) is 16.2. The predicted octanol–water partition coefficient (Wildman–Crippen LogP) is 1.73. The molecule has 0 aliphatic heterocycles. The van der Waals surface area contributed by atoms with E-state index in [2.05, 4.69) is 10.6 Å². The average Bonchev–Trinajstić information content (AvgIpc) is 2.72. The monoisotopic (exact) mass is 392 g/mol. The van der Waals surface area contributed by atoms with Gasteiger partial charge in [-0.05, 0) is 30.2 Å². The fourth-order valence-electron chi connectivity index (χ4n) is 2.81. The molecule has 2 atom stereocenters. The number of carbonyl (C=O) groups is 3. The maximum atomic E-state index is 12.2. The van der Waals surface area contributed by atoms with Gasteiger partial charge in [-0.2, -0.15) is 5.26 Å². The van der Waals surface area contributed by atoms with Gasteiger partial charge in [-0.15, -0.1) is 0 Å². The molecule has 0 spiro atoms. The van der Waals surface area contributed by atoms with Crippen molar-refractivity contribution in [1.29, 1.82) is 5.26 Å². The molecule has 0 aliphatic rings. The number of nitriles is 1. The zero-order chi connectivity index (χ0) is 21.2. The summed E-state index contributed by atoms with van der Waals surface area (Å²) in [4.78, 5) is 35.9. The lowest BCUT2D eigenvalue weighted by molar-refractivity contribution is -0.129. The van der Waals surface area contributed by atoms with Gasteiger partial charge in [-0.3, -0.25) is 14.4 Å². The van der Waals surface area contributed by atoms with Gasteiger partial charge in [0.25, 0.3) is 0 Å². The van der Waals surface area contributed by atoms with Gasteiger partial charge in [-0.25, -0.2) is 0 Å². The zero-order valence-corrected chi connectivity index (χ0v) is 16.2. The van der Waals surface area contributed by atoms with E-state index in [1.165, 1.54) is 0 Å². The van der Waals surface area contributed by atoms with Crippen LogP contribution in [0.2, 0.25) is 0 Å². The first-order chi connectivity index (χ1) is 13.9. The molecule has 0 radical (unpaired) electrons. The van der Waals surface area contributed by atoms with Crippen LogP contribution in [0.3, 0.4) is 0 Å². The molecule has 2 aromatic carbocycles. The molecule has 29 heavy (non-hydrogen) atoms. The summed E-state index contributed by atoms with van der Waals surface area (Å²) in [6.45, 7) is 1.87. The number of benzene rings is 2. The van der Waals surface area contributed by atoms with Crippen molar-refractivity contribution in [2.24, 2.45) is 5.73 Å². The normalized spacial score (nSPS) is 12.3. The van der Waals surface area contributed by atoms with E-state index in [9.17, 15) is 14.4 Å². The second-order valence-electron chi connectivity index (χ2n) is 6.74. The minimum Gasteiger partial charge on any atom is -0.368 e. The largest absolute Gasteiger partial charge is 0.368 e. The molecule has 0 aromatic heterocycles. The van der Waals surface area contributed by atoms with E-state index in [1.807, 2.05) is 43.3 Å². The molecule has 150 valence electrons. The first kappa shape index (κ1) is 21.6. The minimum absolute atomic E-state index is 0.00531. The third-order valence-corrected chi connectivity index (χ3v) is 4.46. The molecule has 2 aromatic rings. The standard InChI is InChI=1S/C22H24N4O3/c1-15(18-5-3-2-4-6-18)25-20(27)11-12-21(28)26-19(22(24)29)13-16-7-9-17(14-23)10-8-16/h2-10,15,19H,11-13H2,1H3,(H2,24,29)(H,25,27)(H,26,28)/t15-,19+/m1/s1. The maximum Gasteiger partial charge on any atom is 0.240 e. The van der Waals surface area contributed by atoms with E-state index in [4.69, 9.17) is 11.0 Å². The Labute approximate surface area is 169 Å². The van der Waals surface area contributed by atoms with Gasteiger partial charge >= 0.3 is 0 Å². The molecule has 0 saturated heterocycles. The summed E-state index contributed by atoms with van der Waals surface area (Å²) in [7, 11) is 0. The number of nitrogens with one attached hydrogen (secondary N) is 2. The summed E-state index contributed by atoms with van der Waals surface area (Å²) in [5.74, 6) is -1.34. The number of hydrogen-bond acceptors (Lipinski definition) is 4. The molecule has 0 fully saturated rings. The van der Waals surface area contributed by atoms with Crippen molar-refractivity contribution in [2.45, 2.75) is 38.3 Å². The number of nitrogens with two attached hydrogens (primary N) is 1. The van der Waals surface area contributed by atoms with Crippen LogP contribution in [0.15, 0.2) is 54.6 Å². The minimum atomic E-state index is -0.887. The number of nitrogens with zero attached hydrogens (tertiary/aromatic N) is 1. The summed E-state index contributed by atoms with van der Waals surface area (Å²) >= 11 is 0. The van der Waals surface area contributed by atoms with E-state index in [0.717, 1.165) is 11.1 Å². The molecule has 0 heterocycles. The second-order valence-corrected chi connectivity index (χ2v) is 6.74. The Morgan fingerprint density at radius 3 is 2.10 bits per heavy atom. The van der Waals surface area contributed by atoms with Crippen LogP contribution in [0.1, 0.15) is 42.5 Å². The van der Waals surface area contributed by atoms with Crippen LogP contribution in [-0.2, 0) is 20.8 Å². The molecular weight excluding hydrogens is 368 g/mol. The summed E-state index contributed by atoms with van der Waals surface area (Å²) in [5, 5.41) is 14.2. The molecule has 0 unspecified atom stereocenters. The van der Waals surface area contributed by atoms with Crippen LogP contribution in [-0.4, -0.2) is 23.8 Å². The van der Waals surface area contributed by atoms with Crippen molar-refractivity contribution >= 4 is 17.7 Å². The molecule has 2 rings (SSSR count). The Morgan fingerprint density at radius 2 is 1.55 bits per heavy atom. The van der Waals surface area contributed by atoms with Crippen LogP contribution in [0, 0.1) is 11.3 Å². The third-order valence-electron chi connectivity index (χ3n) is 4.46. The van der Waals surface area contributed by atoms with E-state index < -0.39 is 17.9 Å². The quantitative estimate of drug-likeness (QED) is 0.601. The fraction of sp³-hybridized carbons (Fsp3) is 0.273. The predicted molar refractivity (Wildman–Crippen MR) is 108 cm³/mol. The van der Waals surface area contributed by atoms with E-state index in [-0.39, 0.29) is 31.2 Å². The molecule has 4 N–H and O–H groups in total. The highest BCUT2D eigenvalue weighted by Gasteiger charge is 2.19. The highest BCUT2D eigenvalue weighted by Crippen LogP contribution is 2.11. The number of hydrogen-bond donors (Lipinski definition) is 3. The first-order valence-corrected chi connectivity index (χ1v) is 9.31. The van der Waals surface area contributed by atoms with Crippen molar-refractivity contribution < 1.29 is 14.4 Å². The highest BCUT2D eigenvalue weighted by molar-refractivity contribution is 5.88. The van der Waals surface area contributed by atoms with Gasteiger partial charge in [0.2, 0.25) is 17.7 Å². The van der Waals surface area contributed by atoms with Crippen molar-refractivity contribution in [3.63, 3.8) is 0 Å². The summed E-state index contributed by atoms with van der Waals surface area (Å²) in [6, 6.07) is 17.2. The number of amides is 3. The van der Waals surface area contributed by atoms with Crippen LogP contribution < -0.4 is 16.4 Å². The molecule has 3 amide bonds. The molecule has 0 aliphatic carbocycles. The van der Waals surface area contributed by atoms with Crippen molar-refractivity contribution in [3.05, 3.63) is 71.3 Å². The van der Waals surface area contributed by atoms with Crippen LogP contribution in [0.25, 0.3) is 0 Å². The SMILES string of the molecule is C[C@@H](NC(=O)CCC(=O)N[C@@H](Cc1ccc(C#N)cc1)C(N)=O)c1ccccc1. The molecule has 7 nitrogen and oxygen atoms in total. The van der Waals surface area contributed by atoms with Crippen molar-refractivity contribution in [2.75, 3.05) is 0 Å². The number of primary amides is 1. The van der Waals surface area contributed by atoms with Crippen molar-refractivity contribution in [3.8, 4) is 6.07 Å². The Hall–Kier alpha value is -3.66. The van der Waals surface area contributed by atoms with Gasteiger partial charge in [0.05, 0.1) is 17.7 Å². The smallest absolute Gasteiger partial charge is 0.240 e. The van der Waals surface area contributed by atoms with E-state index in [0.29, 0.717) is 5.56 Å². The van der Waals surface area contributed by atoms with Crippen LogP contribution in [0.5, 0.6) is 0 Å². The topological polar surface area (TPSA) is 125 Å². The van der Waals surface area contributed by atoms with Gasteiger partial charge in [0, 0.05) is 19.3 Å². The van der Waals surface area contributed by atoms with Gasteiger partial charge in [-0.1, -0.05) is 42.5 Å². The first-order valence-electron chi connectivity index (χ1n) is 9.31. The maximum absolute atomic E-state index is 12.2. The molecule has 7 heteroatoms. The lowest BCUT2D eigenvalue weighted by Crippen LogP contribution is -2.46. The summed E-state index contributed by atoms with van der Waals surface area (Å²) in [6.07, 6.45) is 0.167. The van der Waals surface area contributed by atoms with Gasteiger partial charge in [0.15, 0.2) is 0 Å². The van der Waals surface area contributed by atoms with Crippen LogP contribution >= 0.6 is 0 Å². The Bertz CT molecular complexity index is 889. The highest BCUT2D eigenvalue weighted by atomic mass is 16.2. The fourth-order valence-corrected chi connectivity index (χ4v) is 2.81. The summed E-state index contributed by atoms with van der Waals surface area (Å²) < 4.78 is 0. The average molecular weight is 392 g/mol. The number of rotatable bonds is 9. The third kappa shape index (κ3) is 7.11. The van der Waals surface area contributed by atoms with Crippen molar-refractivity contribution in [1.82, 2.24) is 10.6 Å². The molecule has 0 saturated carbocycles. The van der Waals surface area contributed by atoms with Gasteiger partial charge < -0.3 is 16.4 Å². The Kier molecular flexibility index (Phi) is 7.92. The van der Waals surface area contributed by atoms with E-state index in [1.54, 1.807) is 24.3 Å². The lowest BCUT2D eigenvalue weighted by atomic mass is 10.0. The Morgan fingerprint density at radius 1 is 0.966 bits per heavy atom.